The van der Waals surface area contributed by atoms with Crippen molar-refractivity contribution in [3.8, 4) is 0 Å². The summed E-state index contributed by atoms with van der Waals surface area (Å²) in [7, 11) is 0. The first kappa shape index (κ1) is 14.1. The van der Waals surface area contributed by atoms with E-state index in [2.05, 4.69) is 4.98 Å². The van der Waals surface area contributed by atoms with E-state index in [1.165, 1.54) is 17.8 Å². The monoisotopic (exact) mass is 302 g/mol. The van der Waals surface area contributed by atoms with Crippen molar-refractivity contribution >= 4 is 22.9 Å². The highest BCUT2D eigenvalue weighted by Gasteiger charge is 2.15. The predicted octanol–water partition coefficient (Wildman–Crippen LogP) is 4.45. The molecule has 3 aromatic rings. The van der Waals surface area contributed by atoms with Gasteiger partial charge in [0.25, 0.3) is 5.22 Å². The van der Waals surface area contributed by atoms with Gasteiger partial charge in [0.15, 0.2) is 5.58 Å². The lowest BCUT2D eigenvalue weighted by Crippen LogP contribution is -2.07. The Balaban J connectivity index is 2.02. The molecule has 0 saturated carbocycles. The van der Waals surface area contributed by atoms with Gasteiger partial charge in [-0.2, -0.15) is 0 Å². The number of aryl methyl sites for hydroxylation is 1. The minimum atomic E-state index is -0.257. The average molecular weight is 302 g/mol. The highest BCUT2D eigenvalue weighted by atomic mass is 32.2. The molecule has 1 aromatic heterocycles. The third-order valence-corrected chi connectivity index (χ3v) is 4.18. The van der Waals surface area contributed by atoms with Crippen molar-refractivity contribution in [1.29, 1.82) is 0 Å². The van der Waals surface area contributed by atoms with Gasteiger partial charge in [-0.1, -0.05) is 12.1 Å². The van der Waals surface area contributed by atoms with Crippen LogP contribution >= 0.6 is 11.8 Å². The minimum Gasteiger partial charge on any atom is -0.431 e. The van der Waals surface area contributed by atoms with Crippen LogP contribution in [0, 0.1) is 12.7 Å². The number of nitrogens with zero attached hydrogens (tertiary/aromatic N) is 1. The number of fused-ring (bicyclic) bond motifs is 1. The molecular weight excluding hydrogens is 287 g/mol. The molecule has 0 aliphatic heterocycles. The van der Waals surface area contributed by atoms with E-state index in [0.29, 0.717) is 10.8 Å². The van der Waals surface area contributed by atoms with Crippen LogP contribution in [0.5, 0.6) is 0 Å². The van der Waals surface area contributed by atoms with Gasteiger partial charge in [-0.05, 0) is 61.0 Å². The van der Waals surface area contributed by atoms with Crippen LogP contribution in [0.2, 0.25) is 0 Å². The zero-order valence-electron chi connectivity index (χ0n) is 11.8. The van der Waals surface area contributed by atoms with Crippen molar-refractivity contribution in [1.82, 2.24) is 4.98 Å². The van der Waals surface area contributed by atoms with Crippen LogP contribution in [0.25, 0.3) is 11.1 Å². The maximum Gasteiger partial charge on any atom is 0.261 e. The second-order valence-electron chi connectivity index (χ2n) is 4.98. The smallest absolute Gasteiger partial charge is 0.261 e. The van der Waals surface area contributed by atoms with Crippen LogP contribution in [0.15, 0.2) is 50.9 Å². The summed E-state index contributed by atoms with van der Waals surface area (Å²) in [5.41, 5.74) is 8.81. The number of hydrogen-bond donors (Lipinski definition) is 1. The first-order chi connectivity index (χ1) is 10.0. The van der Waals surface area contributed by atoms with Crippen LogP contribution in [-0.4, -0.2) is 4.98 Å². The summed E-state index contributed by atoms with van der Waals surface area (Å²) in [5.74, 6) is -0.246. The Bertz CT molecular complexity index is 765. The van der Waals surface area contributed by atoms with Crippen LogP contribution in [0.1, 0.15) is 24.1 Å². The molecule has 0 aliphatic carbocycles. The zero-order chi connectivity index (χ0) is 15.0. The number of benzene rings is 2. The summed E-state index contributed by atoms with van der Waals surface area (Å²) in [6, 6.07) is 10.6. The van der Waals surface area contributed by atoms with Crippen molar-refractivity contribution in [2.24, 2.45) is 5.73 Å². The summed E-state index contributed by atoms with van der Waals surface area (Å²) in [6.07, 6.45) is 0. The molecule has 1 heterocycles. The Hall–Kier alpha value is -1.85. The number of oxazole rings is 1. The van der Waals surface area contributed by atoms with Gasteiger partial charge in [0, 0.05) is 10.9 Å². The quantitative estimate of drug-likeness (QED) is 0.776. The van der Waals surface area contributed by atoms with Crippen LogP contribution in [0.4, 0.5) is 4.39 Å². The van der Waals surface area contributed by atoms with Gasteiger partial charge in [0.1, 0.15) is 11.3 Å². The molecule has 21 heavy (non-hydrogen) atoms. The minimum absolute atomic E-state index is 0.246. The second kappa shape index (κ2) is 5.50. The third-order valence-electron chi connectivity index (χ3n) is 3.25. The summed E-state index contributed by atoms with van der Waals surface area (Å²) in [5, 5.41) is 0.532. The molecule has 2 aromatic carbocycles. The molecule has 0 unspecified atom stereocenters. The maximum absolute atomic E-state index is 13.7. The van der Waals surface area contributed by atoms with Gasteiger partial charge in [0.2, 0.25) is 0 Å². The lowest BCUT2D eigenvalue weighted by atomic mass is 10.1. The van der Waals surface area contributed by atoms with E-state index in [1.807, 2.05) is 31.2 Å². The van der Waals surface area contributed by atoms with Crippen molar-refractivity contribution in [3.63, 3.8) is 0 Å². The molecule has 2 N–H and O–H groups in total. The van der Waals surface area contributed by atoms with Crippen molar-refractivity contribution in [2.45, 2.75) is 30.0 Å². The standard InChI is InChI=1S/C16H15FN2OS/c1-9-7-15(11(10(2)18)8-12(9)17)21-16-19-13-5-3-4-6-14(13)20-16/h3-8,10H,18H2,1-2H3/t10-/m1/s1. The molecule has 0 fully saturated rings. The van der Waals surface area contributed by atoms with E-state index in [9.17, 15) is 4.39 Å². The summed E-state index contributed by atoms with van der Waals surface area (Å²) >= 11 is 1.37. The van der Waals surface area contributed by atoms with E-state index in [4.69, 9.17) is 10.2 Å². The van der Waals surface area contributed by atoms with E-state index in [-0.39, 0.29) is 11.9 Å². The topological polar surface area (TPSA) is 52.0 Å². The van der Waals surface area contributed by atoms with Gasteiger partial charge in [-0.25, -0.2) is 9.37 Å². The number of hydrogen-bond acceptors (Lipinski definition) is 4. The largest absolute Gasteiger partial charge is 0.431 e. The molecule has 0 saturated heterocycles. The Labute approximate surface area is 126 Å². The number of rotatable bonds is 3. The summed E-state index contributed by atoms with van der Waals surface area (Å²) in [6.45, 7) is 3.57. The SMILES string of the molecule is Cc1cc(Sc2nc3ccccc3o2)c([C@@H](C)N)cc1F. The lowest BCUT2D eigenvalue weighted by Gasteiger charge is -2.12. The van der Waals surface area contributed by atoms with Gasteiger partial charge in [-0.15, -0.1) is 0 Å². The van der Waals surface area contributed by atoms with Crippen LogP contribution < -0.4 is 5.73 Å². The molecular formula is C16H15FN2OS. The van der Waals surface area contributed by atoms with Crippen molar-refractivity contribution in [3.05, 3.63) is 53.3 Å². The van der Waals surface area contributed by atoms with E-state index < -0.39 is 0 Å². The summed E-state index contributed by atoms with van der Waals surface area (Å²) in [4.78, 5) is 5.29. The van der Waals surface area contributed by atoms with Crippen molar-refractivity contribution < 1.29 is 8.81 Å². The maximum atomic E-state index is 13.7. The molecule has 0 spiro atoms. The Morgan fingerprint density at radius 2 is 2.05 bits per heavy atom. The van der Waals surface area contributed by atoms with E-state index in [0.717, 1.165) is 21.6 Å². The fraction of sp³-hybridized carbons (Fsp3) is 0.188. The zero-order valence-corrected chi connectivity index (χ0v) is 12.6. The average Bonchev–Trinajstić information content (AvgIpc) is 2.84. The Morgan fingerprint density at radius 1 is 1.29 bits per heavy atom. The lowest BCUT2D eigenvalue weighted by molar-refractivity contribution is 0.489. The fourth-order valence-electron chi connectivity index (χ4n) is 2.10. The van der Waals surface area contributed by atoms with Gasteiger partial charge in [0.05, 0.1) is 0 Å². The first-order valence-corrected chi connectivity index (χ1v) is 7.45. The summed E-state index contributed by atoms with van der Waals surface area (Å²) < 4.78 is 19.4. The molecule has 3 rings (SSSR count). The highest BCUT2D eigenvalue weighted by Crippen LogP contribution is 2.35. The second-order valence-corrected chi connectivity index (χ2v) is 5.97. The van der Waals surface area contributed by atoms with Crippen molar-refractivity contribution in [2.75, 3.05) is 0 Å². The van der Waals surface area contributed by atoms with Crippen LogP contribution in [-0.2, 0) is 0 Å². The Morgan fingerprint density at radius 3 is 2.76 bits per heavy atom. The molecule has 5 heteroatoms. The third kappa shape index (κ3) is 2.80. The molecule has 0 amide bonds. The van der Waals surface area contributed by atoms with Gasteiger partial charge in [-0.3, -0.25) is 0 Å². The molecule has 0 aliphatic rings. The van der Waals surface area contributed by atoms with Gasteiger partial charge >= 0.3 is 0 Å². The van der Waals surface area contributed by atoms with E-state index >= 15 is 0 Å². The fourth-order valence-corrected chi connectivity index (χ4v) is 3.17. The van der Waals surface area contributed by atoms with Crippen LogP contribution in [0.3, 0.4) is 0 Å². The number of aromatic nitrogens is 1. The molecule has 1 atom stereocenters. The molecule has 0 bridgehead atoms. The van der Waals surface area contributed by atoms with E-state index in [1.54, 1.807) is 13.0 Å². The van der Waals surface area contributed by atoms with Gasteiger partial charge < -0.3 is 10.2 Å². The molecule has 0 radical (unpaired) electrons. The highest BCUT2D eigenvalue weighted by molar-refractivity contribution is 7.99. The number of halogens is 1. The molecule has 3 nitrogen and oxygen atoms in total. The molecule has 108 valence electrons. The number of nitrogens with two attached hydrogens (primary N) is 1. The Kier molecular flexibility index (Phi) is 3.69. The number of para-hydroxylation sites is 2. The normalized spacial score (nSPS) is 12.8. The predicted molar refractivity (Wildman–Crippen MR) is 81.9 cm³/mol. The first-order valence-electron chi connectivity index (χ1n) is 6.63.